The van der Waals surface area contributed by atoms with E-state index in [0.717, 1.165) is 19.5 Å². The number of aryl methyl sites for hydroxylation is 1. The number of nitrogens with zero attached hydrogens (tertiary/aromatic N) is 1. The molecule has 3 heteroatoms. The molecule has 1 unspecified atom stereocenters. The van der Waals surface area contributed by atoms with Crippen molar-refractivity contribution < 1.29 is 0 Å². The van der Waals surface area contributed by atoms with Crippen LogP contribution in [0.3, 0.4) is 0 Å². The van der Waals surface area contributed by atoms with Crippen molar-refractivity contribution in [3.8, 4) is 0 Å². The highest BCUT2D eigenvalue weighted by Gasteiger charge is 2.29. The standard InChI is InChI=1S/C15H28N2S/c1-11(2)8-16-10-15(6,12(3)4)7-14-9-17-13(5)18-14/h9,11-12,16H,7-8,10H2,1-6H3. The Hall–Kier alpha value is -0.410. The van der Waals surface area contributed by atoms with Crippen LogP contribution in [0.1, 0.15) is 44.5 Å². The number of aromatic nitrogens is 1. The predicted octanol–water partition coefficient (Wildman–Crippen LogP) is 3.90. The topological polar surface area (TPSA) is 24.9 Å². The minimum Gasteiger partial charge on any atom is -0.316 e. The average molecular weight is 268 g/mol. The van der Waals surface area contributed by atoms with Crippen LogP contribution in [0.2, 0.25) is 0 Å². The minimum absolute atomic E-state index is 0.313. The average Bonchev–Trinajstić information content (AvgIpc) is 2.62. The highest BCUT2D eigenvalue weighted by atomic mass is 32.1. The molecular weight excluding hydrogens is 240 g/mol. The summed E-state index contributed by atoms with van der Waals surface area (Å²) in [6.45, 7) is 15.8. The summed E-state index contributed by atoms with van der Waals surface area (Å²) >= 11 is 1.83. The second-order valence-electron chi connectivity index (χ2n) is 6.36. The van der Waals surface area contributed by atoms with Gasteiger partial charge in [-0.2, -0.15) is 0 Å². The first-order chi connectivity index (χ1) is 8.33. The molecule has 0 aliphatic rings. The molecule has 0 aromatic carbocycles. The van der Waals surface area contributed by atoms with Gasteiger partial charge in [-0.3, -0.25) is 0 Å². The first-order valence-corrected chi connectivity index (χ1v) is 7.77. The largest absolute Gasteiger partial charge is 0.316 e. The highest BCUT2D eigenvalue weighted by molar-refractivity contribution is 7.11. The molecular formula is C15H28N2S. The summed E-state index contributed by atoms with van der Waals surface area (Å²) in [7, 11) is 0. The summed E-state index contributed by atoms with van der Waals surface area (Å²) in [6, 6.07) is 0. The maximum atomic E-state index is 4.37. The van der Waals surface area contributed by atoms with Gasteiger partial charge in [0.25, 0.3) is 0 Å². The van der Waals surface area contributed by atoms with Gasteiger partial charge in [-0.15, -0.1) is 11.3 Å². The zero-order valence-electron chi connectivity index (χ0n) is 12.7. The minimum atomic E-state index is 0.313. The molecule has 2 nitrogen and oxygen atoms in total. The zero-order valence-corrected chi connectivity index (χ0v) is 13.5. The molecule has 0 aliphatic heterocycles. The molecule has 18 heavy (non-hydrogen) atoms. The van der Waals surface area contributed by atoms with Gasteiger partial charge in [-0.05, 0) is 37.1 Å². The van der Waals surface area contributed by atoms with E-state index < -0.39 is 0 Å². The zero-order chi connectivity index (χ0) is 13.8. The van der Waals surface area contributed by atoms with Crippen LogP contribution in [-0.2, 0) is 6.42 Å². The van der Waals surface area contributed by atoms with Crippen molar-refractivity contribution in [3.63, 3.8) is 0 Å². The van der Waals surface area contributed by atoms with Gasteiger partial charge < -0.3 is 5.32 Å². The third-order valence-electron chi connectivity index (χ3n) is 3.72. The Morgan fingerprint density at radius 2 is 2.00 bits per heavy atom. The number of hydrogen-bond donors (Lipinski definition) is 1. The molecule has 1 atom stereocenters. The summed E-state index contributed by atoms with van der Waals surface area (Å²) in [6.07, 6.45) is 3.17. The molecule has 1 aromatic heterocycles. The lowest BCUT2D eigenvalue weighted by Gasteiger charge is -2.34. The Morgan fingerprint density at radius 3 is 2.44 bits per heavy atom. The summed E-state index contributed by atoms with van der Waals surface area (Å²) in [5, 5.41) is 4.79. The summed E-state index contributed by atoms with van der Waals surface area (Å²) in [5.41, 5.74) is 0.313. The van der Waals surface area contributed by atoms with E-state index in [2.05, 4.69) is 51.8 Å². The van der Waals surface area contributed by atoms with Gasteiger partial charge in [0.05, 0.1) is 5.01 Å². The van der Waals surface area contributed by atoms with Crippen LogP contribution in [0, 0.1) is 24.2 Å². The molecule has 1 aromatic rings. The maximum Gasteiger partial charge on any atom is 0.0896 e. The number of nitrogens with one attached hydrogen (secondary N) is 1. The molecule has 0 radical (unpaired) electrons. The molecule has 0 bridgehead atoms. The van der Waals surface area contributed by atoms with Crippen molar-refractivity contribution >= 4 is 11.3 Å². The van der Waals surface area contributed by atoms with Gasteiger partial charge in [0.15, 0.2) is 0 Å². The first kappa shape index (κ1) is 15.6. The Balaban J connectivity index is 2.62. The smallest absolute Gasteiger partial charge is 0.0896 e. The van der Waals surface area contributed by atoms with E-state index in [4.69, 9.17) is 0 Å². The SMILES string of the molecule is Cc1ncc(CC(C)(CNCC(C)C)C(C)C)s1. The summed E-state index contributed by atoms with van der Waals surface area (Å²) < 4.78 is 0. The van der Waals surface area contributed by atoms with Gasteiger partial charge in [-0.25, -0.2) is 4.98 Å². The van der Waals surface area contributed by atoms with E-state index in [0.29, 0.717) is 17.3 Å². The number of thiazole rings is 1. The molecule has 0 saturated heterocycles. The second-order valence-corrected chi connectivity index (χ2v) is 7.68. The Kier molecular flexibility index (Phi) is 5.80. The lowest BCUT2D eigenvalue weighted by atomic mass is 9.76. The highest BCUT2D eigenvalue weighted by Crippen LogP contribution is 2.32. The van der Waals surface area contributed by atoms with Gasteiger partial charge in [0, 0.05) is 17.6 Å². The van der Waals surface area contributed by atoms with Crippen molar-refractivity contribution in [1.82, 2.24) is 10.3 Å². The lowest BCUT2D eigenvalue weighted by molar-refractivity contribution is 0.206. The van der Waals surface area contributed by atoms with E-state index >= 15 is 0 Å². The Morgan fingerprint density at radius 1 is 1.33 bits per heavy atom. The molecule has 0 spiro atoms. The van der Waals surface area contributed by atoms with Gasteiger partial charge in [0.1, 0.15) is 0 Å². The van der Waals surface area contributed by atoms with E-state index in [1.807, 2.05) is 17.5 Å². The maximum absolute atomic E-state index is 4.37. The van der Waals surface area contributed by atoms with Crippen LogP contribution in [0.25, 0.3) is 0 Å². The van der Waals surface area contributed by atoms with E-state index in [1.165, 1.54) is 9.88 Å². The van der Waals surface area contributed by atoms with Crippen LogP contribution in [0.15, 0.2) is 6.20 Å². The molecule has 0 saturated carbocycles. The molecule has 0 aliphatic carbocycles. The fourth-order valence-electron chi connectivity index (χ4n) is 2.00. The number of hydrogen-bond acceptors (Lipinski definition) is 3. The van der Waals surface area contributed by atoms with Gasteiger partial charge in [0.2, 0.25) is 0 Å². The van der Waals surface area contributed by atoms with Gasteiger partial charge >= 0.3 is 0 Å². The molecule has 1 rings (SSSR count). The summed E-state index contributed by atoms with van der Waals surface area (Å²) in [5.74, 6) is 1.38. The fraction of sp³-hybridized carbons (Fsp3) is 0.800. The Bertz CT molecular complexity index is 357. The van der Waals surface area contributed by atoms with Crippen molar-refractivity contribution in [2.24, 2.45) is 17.3 Å². The first-order valence-electron chi connectivity index (χ1n) is 6.95. The fourth-order valence-corrected chi connectivity index (χ4v) is 2.99. The normalized spacial score (nSPS) is 15.3. The van der Waals surface area contributed by atoms with E-state index in [9.17, 15) is 0 Å². The molecule has 104 valence electrons. The van der Waals surface area contributed by atoms with Gasteiger partial charge in [-0.1, -0.05) is 34.6 Å². The third kappa shape index (κ3) is 4.69. The number of rotatable bonds is 7. The quantitative estimate of drug-likeness (QED) is 0.811. The van der Waals surface area contributed by atoms with E-state index in [-0.39, 0.29) is 0 Å². The summed E-state index contributed by atoms with van der Waals surface area (Å²) in [4.78, 5) is 5.78. The molecule has 0 fully saturated rings. The van der Waals surface area contributed by atoms with Crippen LogP contribution in [0.4, 0.5) is 0 Å². The molecule has 1 N–H and O–H groups in total. The van der Waals surface area contributed by atoms with Crippen LogP contribution < -0.4 is 5.32 Å². The van der Waals surface area contributed by atoms with Crippen molar-refractivity contribution in [3.05, 3.63) is 16.1 Å². The monoisotopic (exact) mass is 268 g/mol. The second kappa shape index (κ2) is 6.67. The van der Waals surface area contributed by atoms with Crippen molar-refractivity contribution in [1.29, 1.82) is 0 Å². The lowest BCUT2D eigenvalue weighted by Crippen LogP contribution is -2.39. The predicted molar refractivity (Wildman–Crippen MR) is 81.2 cm³/mol. The molecule has 1 heterocycles. The van der Waals surface area contributed by atoms with Crippen molar-refractivity contribution in [2.45, 2.75) is 48.0 Å². The van der Waals surface area contributed by atoms with E-state index in [1.54, 1.807) is 0 Å². The Labute approximate surface area is 116 Å². The molecule has 0 amide bonds. The van der Waals surface area contributed by atoms with Crippen LogP contribution in [-0.4, -0.2) is 18.1 Å². The van der Waals surface area contributed by atoms with Crippen LogP contribution >= 0.6 is 11.3 Å². The third-order valence-corrected chi connectivity index (χ3v) is 4.64. The van der Waals surface area contributed by atoms with Crippen molar-refractivity contribution in [2.75, 3.05) is 13.1 Å². The van der Waals surface area contributed by atoms with Crippen LogP contribution in [0.5, 0.6) is 0 Å².